The van der Waals surface area contributed by atoms with E-state index in [2.05, 4.69) is 4.98 Å². The maximum atomic E-state index is 12.4. The largest absolute Gasteiger partial charge is 0.416 e. The lowest BCUT2D eigenvalue weighted by Crippen LogP contribution is -2.04. The molecule has 2 rings (SSSR count). The van der Waals surface area contributed by atoms with Crippen LogP contribution < -0.4 is 0 Å². The number of halogens is 4. The summed E-state index contributed by atoms with van der Waals surface area (Å²) < 4.78 is 37.3. The summed E-state index contributed by atoms with van der Waals surface area (Å²) in [5.74, 6) is 0. The van der Waals surface area contributed by atoms with Crippen molar-refractivity contribution in [1.29, 1.82) is 0 Å². The number of pyridine rings is 1. The van der Waals surface area contributed by atoms with Crippen LogP contribution in [0, 0.1) is 10.1 Å². The van der Waals surface area contributed by atoms with E-state index in [0.717, 1.165) is 30.3 Å². The zero-order chi connectivity index (χ0) is 14.9. The molecule has 0 saturated heterocycles. The van der Waals surface area contributed by atoms with Crippen LogP contribution in [0.5, 0.6) is 0 Å². The molecule has 1 heterocycles. The van der Waals surface area contributed by atoms with Crippen LogP contribution in [-0.2, 0) is 6.18 Å². The standard InChI is InChI=1S/C12H6ClF3N2O2/c13-9-5-10(18(19)20)11(17-6-9)7-1-3-8(4-2-7)12(14,15)16/h1-6H. The van der Waals surface area contributed by atoms with Crippen molar-refractivity contribution in [3.8, 4) is 11.3 Å². The van der Waals surface area contributed by atoms with Crippen molar-refractivity contribution < 1.29 is 18.1 Å². The molecule has 1 aromatic carbocycles. The van der Waals surface area contributed by atoms with Gasteiger partial charge in [0.1, 0.15) is 5.69 Å². The summed E-state index contributed by atoms with van der Waals surface area (Å²) in [6.45, 7) is 0. The van der Waals surface area contributed by atoms with Gasteiger partial charge in [-0.1, -0.05) is 23.7 Å². The molecule has 8 heteroatoms. The Kier molecular flexibility index (Phi) is 3.63. The minimum Gasteiger partial charge on any atom is -0.258 e. The average molecular weight is 303 g/mol. The summed E-state index contributed by atoms with van der Waals surface area (Å²) in [6, 6.07) is 5.05. The smallest absolute Gasteiger partial charge is 0.258 e. The van der Waals surface area contributed by atoms with Crippen molar-refractivity contribution in [1.82, 2.24) is 4.98 Å². The Morgan fingerprint density at radius 1 is 1.20 bits per heavy atom. The number of alkyl halides is 3. The van der Waals surface area contributed by atoms with Crippen molar-refractivity contribution in [3.05, 3.63) is 57.2 Å². The lowest BCUT2D eigenvalue weighted by atomic mass is 10.1. The van der Waals surface area contributed by atoms with Crippen molar-refractivity contribution in [2.45, 2.75) is 6.18 Å². The third-order valence-electron chi connectivity index (χ3n) is 2.52. The van der Waals surface area contributed by atoms with Gasteiger partial charge in [-0.25, -0.2) is 4.98 Å². The number of nitrogens with zero attached hydrogens (tertiary/aromatic N) is 2. The Bertz CT molecular complexity index is 657. The monoisotopic (exact) mass is 302 g/mol. The topological polar surface area (TPSA) is 56.0 Å². The predicted molar refractivity (Wildman–Crippen MR) is 66.3 cm³/mol. The van der Waals surface area contributed by atoms with Crippen molar-refractivity contribution in [3.63, 3.8) is 0 Å². The summed E-state index contributed by atoms with van der Waals surface area (Å²) in [7, 11) is 0. The molecular weight excluding hydrogens is 297 g/mol. The Morgan fingerprint density at radius 2 is 1.80 bits per heavy atom. The lowest BCUT2D eigenvalue weighted by molar-refractivity contribution is -0.384. The van der Waals surface area contributed by atoms with Crippen LogP contribution in [0.1, 0.15) is 5.56 Å². The van der Waals surface area contributed by atoms with Crippen molar-refractivity contribution >= 4 is 17.3 Å². The van der Waals surface area contributed by atoms with Crippen LogP contribution >= 0.6 is 11.6 Å². The molecule has 0 atom stereocenters. The van der Waals surface area contributed by atoms with Gasteiger partial charge in [-0.2, -0.15) is 13.2 Å². The summed E-state index contributed by atoms with van der Waals surface area (Å²) in [5, 5.41) is 11.0. The lowest BCUT2D eigenvalue weighted by Gasteiger charge is -2.07. The molecule has 0 amide bonds. The van der Waals surface area contributed by atoms with E-state index >= 15 is 0 Å². The van der Waals surface area contributed by atoms with Gasteiger partial charge in [0.05, 0.1) is 15.5 Å². The van der Waals surface area contributed by atoms with E-state index < -0.39 is 16.7 Å². The van der Waals surface area contributed by atoms with Gasteiger partial charge in [0.25, 0.3) is 5.69 Å². The fourth-order valence-electron chi connectivity index (χ4n) is 1.61. The molecule has 0 aliphatic rings. The summed E-state index contributed by atoms with van der Waals surface area (Å²) in [6.07, 6.45) is -3.26. The molecule has 2 aromatic rings. The zero-order valence-electron chi connectivity index (χ0n) is 9.69. The normalized spacial score (nSPS) is 11.4. The van der Waals surface area contributed by atoms with E-state index in [0.29, 0.717) is 0 Å². The first kappa shape index (κ1) is 14.3. The number of rotatable bonds is 2. The van der Waals surface area contributed by atoms with E-state index in [1.807, 2.05) is 0 Å². The second kappa shape index (κ2) is 5.09. The second-order valence-corrected chi connectivity index (χ2v) is 4.29. The highest BCUT2D eigenvalue weighted by Gasteiger charge is 2.30. The first-order valence-corrected chi connectivity index (χ1v) is 5.64. The summed E-state index contributed by atoms with van der Waals surface area (Å²) in [4.78, 5) is 14.0. The molecule has 0 spiro atoms. The third-order valence-corrected chi connectivity index (χ3v) is 2.72. The minimum absolute atomic E-state index is 0.0341. The summed E-state index contributed by atoms with van der Waals surface area (Å²) in [5.41, 5.74) is -1.02. The molecule has 20 heavy (non-hydrogen) atoms. The molecule has 4 nitrogen and oxygen atoms in total. The van der Waals surface area contributed by atoms with Gasteiger partial charge in [0.2, 0.25) is 0 Å². The number of hydrogen-bond acceptors (Lipinski definition) is 3. The highest BCUT2D eigenvalue weighted by atomic mass is 35.5. The Hall–Kier alpha value is -2.15. The Balaban J connectivity index is 2.50. The molecule has 0 N–H and O–H groups in total. The number of benzene rings is 1. The quantitative estimate of drug-likeness (QED) is 0.613. The first-order chi connectivity index (χ1) is 9.29. The fraction of sp³-hybridized carbons (Fsp3) is 0.0833. The Morgan fingerprint density at radius 3 is 2.30 bits per heavy atom. The highest BCUT2D eigenvalue weighted by Crippen LogP contribution is 2.33. The van der Waals surface area contributed by atoms with Crippen LogP contribution in [0.15, 0.2) is 36.5 Å². The van der Waals surface area contributed by atoms with E-state index in [9.17, 15) is 23.3 Å². The molecule has 0 fully saturated rings. The first-order valence-electron chi connectivity index (χ1n) is 5.26. The third kappa shape index (κ3) is 2.88. The zero-order valence-corrected chi connectivity index (χ0v) is 10.4. The number of hydrogen-bond donors (Lipinski definition) is 0. The summed E-state index contributed by atoms with van der Waals surface area (Å²) >= 11 is 5.62. The molecule has 0 saturated carbocycles. The molecule has 0 radical (unpaired) electrons. The van der Waals surface area contributed by atoms with Crippen LogP contribution in [0.25, 0.3) is 11.3 Å². The van der Waals surface area contributed by atoms with Gasteiger partial charge in [-0.3, -0.25) is 10.1 Å². The maximum Gasteiger partial charge on any atom is 0.416 e. The molecular formula is C12H6ClF3N2O2. The average Bonchev–Trinajstić information content (AvgIpc) is 2.37. The van der Waals surface area contributed by atoms with E-state index in [-0.39, 0.29) is 22.0 Å². The fourth-order valence-corrected chi connectivity index (χ4v) is 1.76. The van der Waals surface area contributed by atoms with Gasteiger partial charge in [-0.05, 0) is 12.1 Å². The molecule has 1 aromatic heterocycles. The van der Waals surface area contributed by atoms with Gasteiger partial charge >= 0.3 is 6.18 Å². The van der Waals surface area contributed by atoms with Gasteiger partial charge in [0, 0.05) is 17.8 Å². The van der Waals surface area contributed by atoms with Crippen molar-refractivity contribution in [2.75, 3.05) is 0 Å². The van der Waals surface area contributed by atoms with Crippen LogP contribution in [0.3, 0.4) is 0 Å². The van der Waals surface area contributed by atoms with Crippen LogP contribution in [-0.4, -0.2) is 9.91 Å². The van der Waals surface area contributed by atoms with Crippen molar-refractivity contribution in [2.24, 2.45) is 0 Å². The van der Waals surface area contributed by atoms with E-state index in [1.54, 1.807) is 0 Å². The highest BCUT2D eigenvalue weighted by molar-refractivity contribution is 6.30. The van der Waals surface area contributed by atoms with Crippen LogP contribution in [0.2, 0.25) is 5.02 Å². The number of nitro groups is 1. The maximum absolute atomic E-state index is 12.4. The second-order valence-electron chi connectivity index (χ2n) is 3.85. The van der Waals surface area contributed by atoms with E-state index in [1.165, 1.54) is 6.20 Å². The molecule has 0 unspecified atom stereocenters. The SMILES string of the molecule is O=[N+]([O-])c1cc(Cl)cnc1-c1ccc(C(F)(F)F)cc1. The Labute approximate surface area is 116 Å². The molecule has 0 aliphatic heterocycles. The van der Waals surface area contributed by atoms with E-state index in [4.69, 9.17) is 11.6 Å². The number of aromatic nitrogens is 1. The van der Waals surface area contributed by atoms with Crippen LogP contribution in [0.4, 0.5) is 18.9 Å². The molecule has 0 bridgehead atoms. The molecule has 104 valence electrons. The van der Waals surface area contributed by atoms with Gasteiger partial charge in [0.15, 0.2) is 0 Å². The molecule has 0 aliphatic carbocycles. The predicted octanol–water partition coefficient (Wildman–Crippen LogP) is 4.33. The van der Waals surface area contributed by atoms with Gasteiger partial charge in [-0.15, -0.1) is 0 Å². The van der Waals surface area contributed by atoms with Gasteiger partial charge < -0.3 is 0 Å². The minimum atomic E-state index is -4.46.